The lowest BCUT2D eigenvalue weighted by molar-refractivity contribution is -0.234. The fourth-order valence-corrected chi connectivity index (χ4v) is 5.66. The number of hydrogen-bond acceptors (Lipinski definition) is 7. The third-order valence-corrected chi connectivity index (χ3v) is 7.66. The number of aromatic nitrogens is 1. The molecule has 212 valence electrons. The lowest BCUT2D eigenvalue weighted by Gasteiger charge is -2.44. The van der Waals surface area contributed by atoms with Gasteiger partial charge in [-0.3, -0.25) is 15.3 Å². The normalized spacial score (nSPS) is 17.6. The molecule has 0 saturated carbocycles. The number of pyridine rings is 1. The van der Waals surface area contributed by atoms with Gasteiger partial charge in [-0.05, 0) is 43.3 Å². The molecule has 7 nitrogen and oxygen atoms in total. The van der Waals surface area contributed by atoms with Crippen molar-refractivity contribution in [1.82, 2.24) is 9.88 Å². The van der Waals surface area contributed by atoms with Crippen molar-refractivity contribution in [3.63, 3.8) is 0 Å². The fourth-order valence-electron chi connectivity index (χ4n) is 4.99. The summed E-state index contributed by atoms with van der Waals surface area (Å²) in [5.41, 5.74) is 9.23. The van der Waals surface area contributed by atoms with Crippen LogP contribution in [-0.2, 0) is 11.3 Å². The van der Waals surface area contributed by atoms with E-state index in [-0.39, 0.29) is 25.4 Å². The lowest BCUT2D eigenvalue weighted by Crippen LogP contribution is -2.52. The number of fused-ring (bicyclic) bond motifs is 1. The van der Waals surface area contributed by atoms with E-state index in [0.717, 1.165) is 5.56 Å². The zero-order valence-electron chi connectivity index (χ0n) is 21.5. The molecule has 3 heterocycles. The molecule has 0 radical (unpaired) electrons. The number of ether oxygens (including phenoxy) is 3. The minimum Gasteiger partial charge on any atom is -0.486 e. The Morgan fingerprint density at radius 1 is 1.15 bits per heavy atom. The number of nitrogens with two attached hydrogens (primary N) is 1. The monoisotopic (exact) mass is 594 g/mol. The predicted octanol–water partition coefficient (Wildman–Crippen LogP) is 6.79. The molecule has 5 rings (SSSR count). The first kappa shape index (κ1) is 28.5. The molecule has 2 aliphatic rings. The number of piperidine rings is 1. The van der Waals surface area contributed by atoms with Crippen LogP contribution in [-0.4, -0.2) is 47.2 Å². The number of nitrogens with one attached hydrogen (secondary N) is 1. The van der Waals surface area contributed by atoms with Crippen molar-refractivity contribution in [1.29, 1.82) is 5.41 Å². The maximum Gasteiger partial charge on any atom is 0.401 e. The Morgan fingerprint density at radius 3 is 2.52 bits per heavy atom. The number of nitrogens with zero attached hydrogens (tertiary/aromatic N) is 2. The van der Waals surface area contributed by atoms with Crippen LogP contribution in [0.4, 0.5) is 18.9 Å². The van der Waals surface area contributed by atoms with Crippen molar-refractivity contribution in [2.24, 2.45) is 0 Å². The van der Waals surface area contributed by atoms with Crippen LogP contribution in [0.25, 0.3) is 0 Å². The summed E-state index contributed by atoms with van der Waals surface area (Å²) in [7, 11) is 0. The summed E-state index contributed by atoms with van der Waals surface area (Å²) in [6, 6.07) is 10.4. The number of likely N-dealkylation sites (tertiary alicyclic amines) is 1. The molecule has 1 aromatic heterocycles. The van der Waals surface area contributed by atoms with Gasteiger partial charge in [0.25, 0.3) is 0 Å². The molecule has 1 atom stereocenters. The minimum atomic E-state index is -4.24. The highest BCUT2D eigenvalue weighted by molar-refractivity contribution is 6.35. The Morgan fingerprint density at radius 2 is 1.85 bits per heavy atom. The molecular formula is C28H27Cl2F3N4O3. The van der Waals surface area contributed by atoms with Gasteiger partial charge in [-0.1, -0.05) is 23.2 Å². The van der Waals surface area contributed by atoms with Gasteiger partial charge in [0.15, 0.2) is 0 Å². The van der Waals surface area contributed by atoms with E-state index in [1.54, 1.807) is 36.4 Å². The number of benzene rings is 2. The number of halogens is 5. The molecule has 3 aromatic rings. The van der Waals surface area contributed by atoms with Gasteiger partial charge < -0.3 is 19.9 Å². The highest BCUT2D eigenvalue weighted by atomic mass is 35.5. The summed E-state index contributed by atoms with van der Waals surface area (Å²) in [6.45, 7) is 1.55. The SMILES string of the molecule is C[C@@H](Oc1ccc(N)c(C(=N)c2ccc3c(c2)COC2(CCN(CC(F)(F)F)CC2)O3)c1)c1c(Cl)cncc1Cl. The van der Waals surface area contributed by atoms with Crippen molar-refractivity contribution in [3.05, 3.63) is 81.1 Å². The Kier molecular flexibility index (Phi) is 7.89. The molecular weight excluding hydrogens is 568 g/mol. The highest BCUT2D eigenvalue weighted by Crippen LogP contribution is 2.39. The number of anilines is 1. The van der Waals surface area contributed by atoms with Gasteiger partial charge in [0, 0.05) is 66.3 Å². The average molecular weight is 595 g/mol. The number of alkyl halides is 3. The average Bonchev–Trinajstić information content (AvgIpc) is 2.90. The third-order valence-electron chi connectivity index (χ3n) is 7.06. The summed E-state index contributed by atoms with van der Waals surface area (Å²) in [6.07, 6.45) is -1.07. The zero-order valence-corrected chi connectivity index (χ0v) is 23.0. The van der Waals surface area contributed by atoms with Gasteiger partial charge in [-0.2, -0.15) is 13.2 Å². The molecule has 0 amide bonds. The Hall–Kier alpha value is -3.05. The van der Waals surface area contributed by atoms with Gasteiger partial charge >= 0.3 is 6.18 Å². The molecule has 2 aromatic carbocycles. The molecule has 40 heavy (non-hydrogen) atoms. The zero-order chi connectivity index (χ0) is 28.7. The van der Waals surface area contributed by atoms with Crippen molar-refractivity contribution >= 4 is 34.6 Å². The second kappa shape index (κ2) is 11.1. The maximum absolute atomic E-state index is 12.8. The standard InChI is InChI=1S/C28H27Cl2F3N4O3/c1-16(25-21(29)12-36-13-22(25)30)39-19-3-4-23(34)20(11-19)26(35)17-2-5-24-18(10-17)14-38-27(40-24)6-8-37(9-7-27)15-28(31,32)33/h2-5,10-13,16,35H,6-9,14-15,34H2,1H3/t16-/m1/s1. The topological polar surface area (TPSA) is 93.7 Å². The summed E-state index contributed by atoms with van der Waals surface area (Å²) in [4.78, 5) is 5.33. The van der Waals surface area contributed by atoms with Crippen molar-refractivity contribution in [3.8, 4) is 11.5 Å². The van der Waals surface area contributed by atoms with E-state index in [1.165, 1.54) is 17.3 Å². The van der Waals surface area contributed by atoms with Crippen LogP contribution in [0.1, 0.15) is 48.1 Å². The molecule has 0 aliphatic carbocycles. The molecule has 0 bridgehead atoms. The van der Waals surface area contributed by atoms with E-state index in [9.17, 15) is 13.2 Å². The quantitative estimate of drug-likeness (QED) is 0.241. The van der Waals surface area contributed by atoms with E-state index in [2.05, 4.69) is 4.98 Å². The molecule has 3 N–H and O–H groups in total. The lowest BCUT2D eigenvalue weighted by atomic mass is 9.97. The predicted molar refractivity (Wildman–Crippen MR) is 146 cm³/mol. The minimum absolute atomic E-state index is 0.180. The Balaban J connectivity index is 1.29. The second-order valence-corrected chi connectivity index (χ2v) is 10.7. The molecule has 1 saturated heterocycles. The molecule has 12 heteroatoms. The molecule has 1 spiro atoms. The third kappa shape index (κ3) is 6.15. The van der Waals surface area contributed by atoms with Gasteiger partial charge in [0.2, 0.25) is 5.79 Å². The van der Waals surface area contributed by atoms with Gasteiger partial charge in [-0.25, -0.2) is 0 Å². The number of nitrogen functional groups attached to an aromatic ring is 1. The van der Waals surface area contributed by atoms with E-state index in [0.29, 0.717) is 56.8 Å². The van der Waals surface area contributed by atoms with Crippen LogP contribution in [0, 0.1) is 5.41 Å². The highest BCUT2D eigenvalue weighted by Gasteiger charge is 2.43. The Bertz CT molecular complexity index is 1410. The molecule has 2 aliphatic heterocycles. The van der Waals surface area contributed by atoms with Crippen LogP contribution in [0.3, 0.4) is 0 Å². The fraction of sp³-hybridized carbons (Fsp3) is 0.357. The van der Waals surface area contributed by atoms with Crippen LogP contribution in [0.2, 0.25) is 10.0 Å². The van der Waals surface area contributed by atoms with Crippen molar-refractivity contribution in [2.75, 3.05) is 25.4 Å². The van der Waals surface area contributed by atoms with Crippen LogP contribution >= 0.6 is 23.2 Å². The number of hydrogen-bond donors (Lipinski definition) is 2. The van der Waals surface area contributed by atoms with Crippen LogP contribution in [0.5, 0.6) is 11.5 Å². The van der Waals surface area contributed by atoms with E-state index in [4.69, 9.17) is 48.6 Å². The van der Waals surface area contributed by atoms with Crippen LogP contribution in [0.15, 0.2) is 48.8 Å². The van der Waals surface area contributed by atoms with E-state index in [1.807, 2.05) is 6.92 Å². The van der Waals surface area contributed by atoms with E-state index >= 15 is 0 Å². The Labute approximate surface area is 239 Å². The maximum atomic E-state index is 12.8. The van der Waals surface area contributed by atoms with Gasteiger partial charge in [0.05, 0.1) is 28.9 Å². The summed E-state index contributed by atoms with van der Waals surface area (Å²) in [5, 5.41) is 9.63. The summed E-state index contributed by atoms with van der Waals surface area (Å²) < 4.78 is 56.5. The second-order valence-electron chi connectivity index (χ2n) is 9.92. The van der Waals surface area contributed by atoms with Gasteiger partial charge in [0.1, 0.15) is 17.6 Å². The first-order valence-electron chi connectivity index (χ1n) is 12.6. The van der Waals surface area contributed by atoms with Crippen molar-refractivity contribution in [2.45, 2.75) is 44.4 Å². The first-order chi connectivity index (χ1) is 18.9. The first-order valence-corrected chi connectivity index (χ1v) is 13.4. The van der Waals surface area contributed by atoms with Gasteiger partial charge in [-0.15, -0.1) is 0 Å². The molecule has 1 fully saturated rings. The largest absolute Gasteiger partial charge is 0.486 e. The summed E-state index contributed by atoms with van der Waals surface area (Å²) in [5.74, 6) is 0.128. The molecule has 0 unspecified atom stereocenters. The smallest absolute Gasteiger partial charge is 0.401 e. The number of rotatable bonds is 6. The van der Waals surface area contributed by atoms with Crippen LogP contribution < -0.4 is 15.2 Å². The summed E-state index contributed by atoms with van der Waals surface area (Å²) >= 11 is 12.5. The van der Waals surface area contributed by atoms with Crippen molar-refractivity contribution < 1.29 is 27.4 Å². The van der Waals surface area contributed by atoms with E-state index < -0.39 is 24.6 Å².